The molecule has 0 aliphatic carbocycles. The van der Waals surface area contributed by atoms with Crippen molar-refractivity contribution in [2.75, 3.05) is 24.5 Å². The van der Waals surface area contributed by atoms with E-state index in [1.165, 1.54) is 18.4 Å². The maximum absolute atomic E-state index is 13.1. The zero-order valence-corrected chi connectivity index (χ0v) is 17.9. The molecule has 1 saturated heterocycles. The number of carbonyl (C=O) groups is 1. The van der Waals surface area contributed by atoms with E-state index in [9.17, 15) is 4.79 Å². The molecule has 0 aromatic heterocycles. The Labute approximate surface area is 176 Å². The first-order valence-electron chi connectivity index (χ1n) is 11.4. The van der Waals surface area contributed by atoms with Gasteiger partial charge in [0.05, 0.1) is 0 Å². The van der Waals surface area contributed by atoms with Gasteiger partial charge in [0.25, 0.3) is 0 Å². The number of hydrogen-bond acceptors (Lipinski definition) is 2. The normalized spacial score (nSPS) is 15.3. The monoisotopic (exact) mass is 392 g/mol. The minimum atomic E-state index is 0.301. The molecular weight excluding hydrogens is 356 g/mol. The van der Waals surface area contributed by atoms with Crippen LogP contribution < -0.4 is 4.90 Å². The lowest BCUT2D eigenvalue weighted by atomic mass is 10.0. The third-order valence-electron chi connectivity index (χ3n) is 6.03. The minimum Gasteiger partial charge on any atom is -0.309 e. The summed E-state index contributed by atoms with van der Waals surface area (Å²) in [5, 5.41) is 0. The van der Waals surface area contributed by atoms with Crippen molar-refractivity contribution in [1.82, 2.24) is 4.90 Å². The first-order valence-corrected chi connectivity index (χ1v) is 11.4. The standard InChI is InChI=1S/C26H36N2O/c1-2-3-4-11-16-26(29)28(24-14-9-6-10-15-24)25-18-21-27(22-19-25)20-17-23-12-7-5-8-13-23/h5-10,12-15,25H,2-4,11,16-22H2,1H3. The van der Waals surface area contributed by atoms with Crippen molar-refractivity contribution in [2.24, 2.45) is 0 Å². The summed E-state index contributed by atoms with van der Waals surface area (Å²) in [6.07, 6.45) is 8.48. The zero-order chi connectivity index (χ0) is 20.3. The topological polar surface area (TPSA) is 23.6 Å². The molecule has 0 spiro atoms. The van der Waals surface area contributed by atoms with Crippen molar-refractivity contribution in [1.29, 1.82) is 0 Å². The molecule has 0 bridgehead atoms. The number of carbonyl (C=O) groups excluding carboxylic acids is 1. The smallest absolute Gasteiger partial charge is 0.227 e. The Balaban J connectivity index is 1.55. The van der Waals surface area contributed by atoms with Crippen molar-refractivity contribution in [3.8, 4) is 0 Å². The highest BCUT2D eigenvalue weighted by Gasteiger charge is 2.28. The molecule has 3 rings (SSSR count). The zero-order valence-electron chi connectivity index (χ0n) is 17.9. The molecule has 1 fully saturated rings. The number of benzene rings is 2. The van der Waals surface area contributed by atoms with Crippen LogP contribution in [0.25, 0.3) is 0 Å². The summed E-state index contributed by atoms with van der Waals surface area (Å²) >= 11 is 0. The van der Waals surface area contributed by atoms with Gasteiger partial charge in [-0.1, -0.05) is 74.7 Å². The number of hydrogen-bond donors (Lipinski definition) is 0. The summed E-state index contributed by atoms with van der Waals surface area (Å²) in [4.78, 5) is 17.8. The second kappa shape index (κ2) is 11.8. The Morgan fingerprint density at radius 2 is 1.59 bits per heavy atom. The van der Waals surface area contributed by atoms with Crippen LogP contribution in [0.4, 0.5) is 5.69 Å². The van der Waals surface area contributed by atoms with E-state index in [1.807, 2.05) is 18.2 Å². The van der Waals surface area contributed by atoms with Gasteiger partial charge in [-0.15, -0.1) is 0 Å². The molecule has 2 aromatic rings. The molecule has 0 N–H and O–H groups in total. The van der Waals surface area contributed by atoms with Gasteiger partial charge in [-0.25, -0.2) is 0 Å². The molecule has 0 saturated carbocycles. The Bertz CT molecular complexity index is 708. The number of nitrogens with zero attached hydrogens (tertiary/aromatic N) is 2. The minimum absolute atomic E-state index is 0.301. The second-order valence-electron chi connectivity index (χ2n) is 8.22. The van der Waals surface area contributed by atoms with Crippen LogP contribution in [-0.2, 0) is 11.2 Å². The van der Waals surface area contributed by atoms with Gasteiger partial charge in [-0.2, -0.15) is 0 Å². The van der Waals surface area contributed by atoms with Crippen LogP contribution in [0.15, 0.2) is 60.7 Å². The first-order chi connectivity index (χ1) is 14.3. The van der Waals surface area contributed by atoms with Crippen LogP contribution in [-0.4, -0.2) is 36.5 Å². The summed E-state index contributed by atoms with van der Waals surface area (Å²) in [5.41, 5.74) is 2.47. The molecular formula is C26H36N2O. The molecule has 29 heavy (non-hydrogen) atoms. The van der Waals surface area contributed by atoms with Gasteiger partial charge in [0.1, 0.15) is 0 Å². The van der Waals surface area contributed by atoms with Gasteiger partial charge >= 0.3 is 0 Å². The molecule has 1 aliphatic rings. The maximum Gasteiger partial charge on any atom is 0.227 e. The molecule has 3 heteroatoms. The van der Waals surface area contributed by atoms with Crippen molar-refractivity contribution < 1.29 is 4.79 Å². The lowest BCUT2D eigenvalue weighted by Crippen LogP contribution is -2.48. The highest BCUT2D eigenvalue weighted by Crippen LogP contribution is 2.25. The van der Waals surface area contributed by atoms with Gasteiger partial charge in [0, 0.05) is 37.8 Å². The third-order valence-corrected chi connectivity index (χ3v) is 6.03. The van der Waals surface area contributed by atoms with E-state index in [2.05, 4.69) is 59.2 Å². The Hall–Kier alpha value is -2.13. The average Bonchev–Trinajstić information content (AvgIpc) is 2.78. The fraction of sp³-hybridized carbons (Fsp3) is 0.500. The summed E-state index contributed by atoms with van der Waals surface area (Å²) < 4.78 is 0. The van der Waals surface area contributed by atoms with Crippen LogP contribution in [0.3, 0.4) is 0 Å². The number of piperidine rings is 1. The highest BCUT2D eigenvalue weighted by molar-refractivity contribution is 5.93. The molecule has 0 unspecified atom stereocenters. The van der Waals surface area contributed by atoms with Crippen LogP contribution >= 0.6 is 0 Å². The molecule has 0 radical (unpaired) electrons. The van der Waals surface area contributed by atoms with Crippen molar-refractivity contribution in [3.63, 3.8) is 0 Å². The SMILES string of the molecule is CCCCCCC(=O)N(c1ccccc1)C1CCN(CCc2ccccc2)CC1. The lowest BCUT2D eigenvalue weighted by molar-refractivity contribution is -0.119. The van der Waals surface area contributed by atoms with E-state index in [1.54, 1.807) is 0 Å². The predicted octanol–water partition coefficient (Wildman–Crippen LogP) is 5.70. The highest BCUT2D eigenvalue weighted by atomic mass is 16.2. The largest absolute Gasteiger partial charge is 0.309 e. The lowest BCUT2D eigenvalue weighted by Gasteiger charge is -2.38. The molecule has 0 atom stereocenters. The number of amides is 1. The van der Waals surface area contributed by atoms with Crippen LogP contribution in [0, 0.1) is 0 Å². The fourth-order valence-electron chi connectivity index (χ4n) is 4.30. The third kappa shape index (κ3) is 6.71. The first kappa shape index (κ1) is 21.6. The van der Waals surface area contributed by atoms with Gasteiger partial charge < -0.3 is 9.80 Å². The molecule has 1 aliphatic heterocycles. The Kier molecular flexibility index (Phi) is 8.76. The fourth-order valence-corrected chi connectivity index (χ4v) is 4.30. The number of anilines is 1. The number of unbranched alkanes of at least 4 members (excludes halogenated alkanes) is 3. The van der Waals surface area contributed by atoms with Gasteiger partial charge in [0.15, 0.2) is 0 Å². The van der Waals surface area contributed by atoms with E-state index in [4.69, 9.17) is 0 Å². The van der Waals surface area contributed by atoms with Crippen molar-refractivity contribution >= 4 is 11.6 Å². The molecule has 156 valence electrons. The van der Waals surface area contributed by atoms with E-state index in [0.29, 0.717) is 18.4 Å². The van der Waals surface area contributed by atoms with Crippen LogP contribution in [0.1, 0.15) is 57.4 Å². The van der Waals surface area contributed by atoms with Crippen LogP contribution in [0.2, 0.25) is 0 Å². The van der Waals surface area contributed by atoms with Gasteiger partial charge in [-0.05, 0) is 43.4 Å². The Morgan fingerprint density at radius 3 is 2.24 bits per heavy atom. The van der Waals surface area contributed by atoms with E-state index < -0.39 is 0 Å². The number of rotatable bonds is 10. The summed E-state index contributed by atoms with van der Waals surface area (Å²) in [5.74, 6) is 0.301. The van der Waals surface area contributed by atoms with E-state index >= 15 is 0 Å². The van der Waals surface area contributed by atoms with Crippen LogP contribution in [0.5, 0.6) is 0 Å². The number of para-hydroxylation sites is 1. The summed E-state index contributed by atoms with van der Waals surface area (Å²) in [7, 11) is 0. The van der Waals surface area contributed by atoms with E-state index in [0.717, 1.165) is 57.4 Å². The van der Waals surface area contributed by atoms with Crippen molar-refractivity contribution in [3.05, 3.63) is 66.2 Å². The van der Waals surface area contributed by atoms with Gasteiger partial charge in [0.2, 0.25) is 5.91 Å². The molecule has 2 aromatic carbocycles. The summed E-state index contributed by atoms with van der Waals surface area (Å²) in [6, 6.07) is 21.3. The molecule has 1 amide bonds. The maximum atomic E-state index is 13.1. The van der Waals surface area contributed by atoms with Crippen molar-refractivity contribution in [2.45, 2.75) is 64.3 Å². The van der Waals surface area contributed by atoms with Gasteiger partial charge in [-0.3, -0.25) is 4.79 Å². The molecule has 1 heterocycles. The Morgan fingerprint density at radius 1 is 0.931 bits per heavy atom. The quantitative estimate of drug-likeness (QED) is 0.484. The summed E-state index contributed by atoms with van der Waals surface area (Å²) in [6.45, 7) is 5.46. The van der Waals surface area contributed by atoms with E-state index in [-0.39, 0.29) is 0 Å². The predicted molar refractivity (Wildman–Crippen MR) is 122 cm³/mol. The number of likely N-dealkylation sites (tertiary alicyclic amines) is 1. The average molecular weight is 393 g/mol. The molecule has 3 nitrogen and oxygen atoms in total. The second-order valence-corrected chi connectivity index (χ2v) is 8.22.